The Morgan fingerprint density at radius 2 is 2.38 bits per heavy atom. The minimum Gasteiger partial charge on any atom is -0.300 e. The van der Waals surface area contributed by atoms with E-state index in [0.29, 0.717) is 17.5 Å². The maximum Gasteiger partial charge on any atom is 0.154 e. The molecule has 0 atom stereocenters. The van der Waals surface area contributed by atoms with Crippen LogP contribution in [0.3, 0.4) is 0 Å². The molecule has 1 fully saturated rings. The van der Waals surface area contributed by atoms with Crippen molar-refractivity contribution in [2.24, 2.45) is 0 Å². The van der Waals surface area contributed by atoms with E-state index >= 15 is 0 Å². The Morgan fingerprint density at radius 3 is 2.92 bits per heavy atom. The van der Waals surface area contributed by atoms with Crippen LogP contribution in [-0.4, -0.2) is 16.0 Å². The standard InChI is InChI=1S/C9H11ClN2O/c1-5(13)4-7-8(6-2-3-6)11-12-9(7)10/h6H,2-4H2,1H3,(H,11,12). The molecule has 0 amide bonds. The summed E-state index contributed by atoms with van der Waals surface area (Å²) < 4.78 is 0. The maximum atomic E-state index is 11.0. The third-order valence-electron chi connectivity index (χ3n) is 2.26. The lowest BCUT2D eigenvalue weighted by Crippen LogP contribution is -1.98. The number of nitrogens with one attached hydrogen (secondary N) is 1. The molecule has 1 aliphatic rings. The van der Waals surface area contributed by atoms with Crippen LogP contribution in [0.2, 0.25) is 5.15 Å². The van der Waals surface area contributed by atoms with Crippen LogP contribution in [0, 0.1) is 0 Å². The third kappa shape index (κ3) is 1.75. The summed E-state index contributed by atoms with van der Waals surface area (Å²) in [7, 11) is 0. The normalized spacial score (nSPS) is 16.2. The van der Waals surface area contributed by atoms with Crippen LogP contribution in [0.1, 0.15) is 36.9 Å². The van der Waals surface area contributed by atoms with Crippen molar-refractivity contribution in [3.8, 4) is 0 Å². The van der Waals surface area contributed by atoms with Gasteiger partial charge < -0.3 is 0 Å². The summed E-state index contributed by atoms with van der Waals surface area (Å²) in [6.07, 6.45) is 2.77. The van der Waals surface area contributed by atoms with Crippen molar-refractivity contribution in [3.05, 3.63) is 16.4 Å². The molecule has 0 aliphatic heterocycles. The number of halogens is 1. The molecule has 0 saturated heterocycles. The van der Waals surface area contributed by atoms with E-state index in [1.165, 1.54) is 12.8 Å². The molecule has 1 N–H and O–H groups in total. The highest BCUT2D eigenvalue weighted by Crippen LogP contribution is 2.41. The Bertz CT molecular complexity index is 341. The first-order valence-electron chi connectivity index (χ1n) is 4.40. The molecule has 70 valence electrons. The van der Waals surface area contributed by atoms with Gasteiger partial charge in [0.15, 0.2) is 5.15 Å². The number of ketones is 1. The number of carbonyl (C=O) groups excluding carboxylic acids is 1. The summed E-state index contributed by atoms with van der Waals surface area (Å²) in [5, 5.41) is 7.28. The lowest BCUT2D eigenvalue weighted by molar-refractivity contribution is -0.116. The third-order valence-corrected chi connectivity index (χ3v) is 2.57. The molecule has 0 bridgehead atoms. The lowest BCUT2D eigenvalue weighted by Gasteiger charge is -1.98. The largest absolute Gasteiger partial charge is 0.300 e. The zero-order valence-corrected chi connectivity index (χ0v) is 8.19. The Hall–Kier alpha value is -0.830. The first-order chi connectivity index (χ1) is 6.18. The maximum absolute atomic E-state index is 11.0. The molecule has 4 heteroatoms. The van der Waals surface area contributed by atoms with Crippen molar-refractivity contribution in [1.29, 1.82) is 0 Å². The molecule has 0 unspecified atom stereocenters. The summed E-state index contributed by atoms with van der Waals surface area (Å²) in [6, 6.07) is 0. The van der Waals surface area contributed by atoms with Crippen molar-refractivity contribution in [2.45, 2.75) is 32.1 Å². The van der Waals surface area contributed by atoms with Gasteiger partial charge in [0, 0.05) is 23.6 Å². The number of hydrogen-bond acceptors (Lipinski definition) is 2. The summed E-state index contributed by atoms with van der Waals surface area (Å²) in [6.45, 7) is 1.57. The molecule has 1 aromatic heterocycles. The highest BCUT2D eigenvalue weighted by atomic mass is 35.5. The van der Waals surface area contributed by atoms with E-state index in [9.17, 15) is 4.79 Å². The van der Waals surface area contributed by atoms with Crippen LogP contribution < -0.4 is 0 Å². The summed E-state index contributed by atoms with van der Waals surface area (Å²) in [4.78, 5) is 11.0. The molecule has 13 heavy (non-hydrogen) atoms. The van der Waals surface area contributed by atoms with Crippen molar-refractivity contribution >= 4 is 17.4 Å². The molecule has 0 radical (unpaired) electrons. The van der Waals surface area contributed by atoms with Crippen molar-refractivity contribution in [1.82, 2.24) is 10.2 Å². The average molecular weight is 199 g/mol. The smallest absolute Gasteiger partial charge is 0.154 e. The van der Waals surface area contributed by atoms with Crippen molar-refractivity contribution < 1.29 is 4.79 Å². The average Bonchev–Trinajstić information content (AvgIpc) is 2.81. The molecule has 1 saturated carbocycles. The number of rotatable bonds is 3. The van der Waals surface area contributed by atoms with Crippen LogP contribution in [0.4, 0.5) is 0 Å². The second-order valence-electron chi connectivity index (χ2n) is 3.56. The van der Waals surface area contributed by atoms with E-state index in [1.807, 2.05) is 0 Å². The number of aromatic amines is 1. The Balaban J connectivity index is 2.28. The SMILES string of the molecule is CC(=O)Cc1c(Cl)n[nH]c1C1CC1. The Labute approximate surface area is 81.5 Å². The molecule has 1 aromatic rings. The van der Waals surface area contributed by atoms with Crippen LogP contribution in [0.15, 0.2) is 0 Å². The van der Waals surface area contributed by atoms with Gasteiger partial charge in [-0.25, -0.2) is 0 Å². The van der Waals surface area contributed by atoms with E-state index in [1.54, 1.807) is 6.92 Å². The molecule has 2 rings (SSSR count). The summed E-state index contributed by atoms with van der Waals surface area (Å²) >= 11 is 5.87. The lowest BCUT2D eigenvalue weighted by atomic mass is 10.1. The van der Waals surface area contributed by atoms with Gasteiger partial charge in [0.1, 0.15) is 5.78 Å². The first kappa shape index (κ1) is 8.75. The van der Waals surface area contributed by atoms with E-state index in [4.69, 9.17) is 11.6 Å². The van der Waals surface area contributed by atoms with E-state index in [2.05, 4.69) is 10.2 Å². The van der Waals surface area contributed by atoms with Gasteiger partial charge in [-0.2, -0.15) is 5.10 Å². The van der Waals surface area contributed by atoms with Gasteiger partial charge in [0.25, 0.3) is 0 Å². The number of H-pyrrole nitrogens is 1. The van der Waals surface area contributed by atoms with Gasteiger partial charge in [-0.3, -0.25) is 9.89 Å². The second kappa shape index (κ2) is 3.14. The zero-order valence-electron chi connectivity index (χ0n) is 7.43. The predicted molar refractivity (Wildman–Crippen MR) is 50.0 cm³/mol. The van der Waals surface area contributed by atoms with Gasteiger partial charge in [0.05, 0.1) is 0 Å². The van der Waals surface area contributed by atoms with Crippen molar-refractivity contribution in [3.63, 3.8) is 0 Å². The number of nitrogens with zero attached hydrogens (tertiary/aromatic N) is 1. The fraction of sp³-hybridized carbons (Fsp3) is 0.556. The Morgan fingerprint density at radius 1 is 1.69 bits per heavy atom. The van der Waals surface area contributed by atoms with E-state index in [-0.39, 0.29) is 5.78 Å². The number of hydrogen-bond donors (Lipinski definition) is 1. The predicted octanol–water partition coefficient (Wildman–Crippen LogP) is 2.07. The van der Waals surface area contributed by atoms with Gasteiger partial charge in [-0.1, -0.05) is 11.6 Å². The summed E-state index contributed by atoms with van der Waals surface area (Å²) in [5.41, 5.74) is 1.97. The van der Waals surface area contributed by atoms with Gasteiger partial charge >= 0.3 is 0 Å². The minimum atomic E-state index is 0.130. The van der Waals surface area contributed by atoms with Crippen LogP contribution in [0.5, 0.6) is 0 Å². The highest BCUT2D eigenvalue weighted by Gasteiger charge is 2.29. The molecule has 3 nitrogen and oxygen atoms in total. The highest BCUT2D eigenvalue weighted by molar-refractivity contribution is 6.30. The molecular weight excluding hydrogens is 188 g/mol. The molecular formula is C9H11ClN2O. The Kier molecular flexibility index (Phi) is 2.12. The second-order valence-corrected chi connectivity index (χ2v) is 3.92. The fourth-order valence-corrected chi connectivity index (χ4v) is 1.69. The van der Waals surface area contributed by atoms with Crippen LogP contribution in [-0.2, 0) is 11.2 Å². The number of aromatic nitrogens is 2. The molecule has 1 aliphatic carbocycles. The van der Waals surface area contributed by atoms with Crippen LogP contribution in [0.25, 0.3) is 0 Å². The fourth-order valence-electron chi connectivity index (χ4n) is 1.48. The quantitative estimate of drug-likeness (QED) is 0.808. The molecule has 0 spiro atoms. The summed E-state index contributed by atoms with van der Waals surface area (Å²) in [5.74, 6) is 0.694. The monoisotopic (exact) mass is 198 g/mol. The van der Waals surface area contributed by atoms with Gasteiger partial charge in [0.2, 0.25) is 0 Å². The van der Waals surface area contributed by atoms with Gasteiger partial charge in [-0.05, 0) is 19.8 Å². The van der Waals surface area contributed by atoms with E-state index in [0.717, 1.165) is 11.3 Å². The number of Topliss-reactive ketones (excluding diaryl/α,β-unsaturated/α-hetero) is 1. The molecule has 1 heterocycles. The topological polar surface area (TPSA) is 45.8 Å². The first-order valence-corrected chi connectivity index (χ1v) is 4.78. The number of carbonyl (C=O) groups is 1. The van der Waals surface area contributed by atoms with Crippen molar-refractivity contribution in [2.75, 3.05) is 0 Å². The molecule has 0 aromatic carbocycles. The van der Waals surface area contributed by atoms with Crippen LogP contribution >= 0.6 is 11.6 Å². The minimum absolute atomic E-state index is 0.130. The van der Waals surface area contributed by atoms with E-state index < -0.39 is 0 Å². The van der Waals surface area contributed by atoms with Gasteiger partial charge in [-0.15, -0.1) is 0 Å². The zero-order chi connectivity index (χ0) is 9.42.